The second kappa shape index (κ2) is 14.3. The van der Waals surface area contributed by atoms with Gasteiger partial charge in [-0.3, -0.25) is 9.59 Å². The van der Waals surface area contributed by atoms with Crippen LogP contribution in [0.25, 0.3) is 0 Å². The first-order valence-electron chi connectivity index (χ1n) is 12.6. The number of terminal acetylenes is 1. The lowest BCUT2D eigenvalue weighted by atomic mass is 9.96. The molecule has 0 aliphatic rings. The number of benzene rings is 1. The van der Waals surface area contributed by atoms with E-state index in [2.05, 4.69) is 23.1 Å². The summed E-state index contributed by atoms with van der Waals surface area (Å²) in [5.41, 5.74) is 0.333. The minimum absolute atomic E-state index is 0.0859. The van der Waals surface area contributed by atoms with Crippen molar-refractivity contribution in [1.82, 2.24) is 15.5 Å². The lowest BCUT2D eigenvalue weighted by Crippen LogP contribution is -2.54. The lowest BCUT2D eigenvalue weighted by molar-refractivity contribution is -0.142. The molecule has 1 aromatic rings. The van der Waals surface area contributed by atoms with Gasteiger partial charge in [-0.25, -0.2) is 4.79 Å². The molecule has 0 heterocycles. The molecular weight excluding hydrogens is 454 g/mol. The Hall–Kier alpha value is -3.27. The number of amides is 3. The van der Waals surface area contributed by atoms with Gasteiger partial charge < -0.3 is 20.3 Å². The first-order valence-corrected chi connectivity index (χ1v) is 12.6. The summed E-state index contributed by atoms with van der Waals surface area (Å²) in [6.07, 6.45) is 8.69. The zero-order valence-corrected chi connectivity index (χ0v) is 22.9. The van der Waals surface area contributed by atoms with Gasteiger partial charge in [0.15, 0.2) is 0 Å². The van der Waals surface area contributed by atoms with Crippen molar-refractivity contribution in [2.45, 2.75) is 91.5 Å². The summed E-state index contributed by atoms with van der Waals surface area (Å²) in [4.78, 5) is 41.7. The van der Waals surface area contributed by atoms with E-state index < -0.39 is 29.7 Å². The van der Waals surface area contributed by atoms with E-state index in [1.54, 1.807) is 51.1 Å². The van der Waals surface area contributed by atoms with Crippen molar-refractivity contribution in [3.63, 3.8) is 0 Å². The normalized spacial score (nSPS) is 13.6. The highest BCUT2D eigenvalue weighted by molar-refractivity contribution is 5.92. The van der Waals surface area contributed by atoms with Crippen molar-refractivity contribution in [3.05, 3.63) is 48.0 Å². The maximum absolute atomic E-state index is 14.0. The van der Waals surface area contributed by atoms with Crippen LogP contribution in [0, 0.1) is 18.3 Å². The summed E-state index contributed by atoms with van der Waals surface area (Å²) < 4.78 is 5.40. The number of hydrogen-bond acceptors (Lipinski definition) is 4. The van der Waals surface area contributed by atoms with E-state index in [1.165, 1.54) is 4.90 Å². The van der Waals surface area contributed by atoms with Crippen LogP contribution in [0.4, 0.5) is 4.79 Å². The van der Waals surface area contributed by atoms with Crippen LogP contribution in [0.2, 0.25) is 0 Å². The summed E-state index contributed by atoms with van der Waals surface area (Å²) in [5.74, 6) is 1.97. The minimum Gasteiger partial charge on any atom is -0.444 e. The molecule has 1 aromatic carbocycles. The molecule has 3 unspecified atom stereocenters. The Balaban J connectivity index is 3.53. The van der Waals surface area contributed by atoms with Crippen LogP contribution in [0.3, 0.4) is 0 Å². The van der Waals surface area contributed by atoms with Gasteiger partial charge in [0.05, 0.1) is 0 Å². The summed E-state index contributed by atoms with van der Waals surface area (Å²) in [5, 5.41) is 5.75. The minimum atomic E-state index is -1.00. The zero-order valence-electron chi connectivity index (χ0n) is 22.9. The van der Waals surface area contributed by atoms with Crippen LogP contribution < -0.4 is 10.6 Å². The molecule has 0 bridgehead atoms. The largest absolute Gasteiger partial charge is 0.444 e. The predicted molar refractivity (Wildman–Crippen MR) is 144 cm³/mol. The highest BCUT2D eigenvalue weighted by atomic mass is 16.6. The fourth-order valence-corrected chi connectivity index (χ4v) is 3.95. The smallest absolute Gasteiger partial charge is 0.408 e. The molecule has 0 aliphatic carbocycles. The van der Waals surface area contributed by atoms with Crippen molar-refractivity contribution in [1.29, 1.82) is 0 Å². The van der Waals surface area contributed by atoms with E-state index in [0.717, 1.165) is 12.8 Å². The fraction of sp³-hybridized carbons (Fsp3) is 0.552. The molecule has 0 aromatic heterocycles. The molecule has 198 valence electrons. The molecule has 0 spiro atoms. The van der Waals surface area contributed by atoms with E-state index >= 15 is 0 Å². The SMILES string of the molecule is C#Cc1ccccc1C(C(=O)NC(C)CCC)N(CC=C)C(=O)C(CC(C)C)NC(=O)OC(C)(C)C. The summed E-state index contributed by atoms with van der Waals surface area (Å²) in [6, 6.07) is 5.08. The van der Waals surface area contributed by atoms with E-state index in [0.29, 0.717) is 17.5 Å². The van der Waals surface area contributed by atoms with E-state index in [9.17, 15) is 14.4 Å². The van der Waals surface area contributed by atoms with E-state index in [1.807, 2.05) is 27.7 Å². The van der Waals surface area contributed by atoms with Crippen LogP contribution >= 0.6 is 0 Å². The Morgan fingerprint density at radius 2 is 1.81 bits per heavy atom. The van der Waals surface area contributed by atoms with Gasteiger partial charge in [0, 0.05) is 18.2 Å². The molecule has 3 atom stereocenters. The molecule has 0 fully saturated rings. The van der Waals surface area contributed by atoms with E-state index in [-0.39, 0.29) is 24.4 Å². The van der Waals surface area contributed by atoms with Gasteiger partial charge in [-0.1, -0.05) is 57.4 Å². The number of carbonyl (C=O) groups is 3. The topological polar surface area (TPSA) is 87.7 Å². The number of nitrogens with one attached hydrogen (secondary N) is 2. The summed E-state index contributed by atoms with van der Waals surface area (Å²) in [6.45, 7) is 17.0. The maximum Gasteiger partial charge on any atom is 0.408 e. The monoisotopic (exact) mass is 497 g/mol. The quantitative estimate of drug-likeness (QED) is 0.315. The summed E-state index contributed by atoms with van der Waals surface area (Å²) in [7, 11) is 0. The van der Waals surface area contributed by atoms with Crippen molar-refractivity contribution in [2.75, 3.05) is 6.54 Å². The number of hydrogen-bond donors (Lipinski definition) is 2. The molecule has 1 rings (SSSR count). The second-order valence-corrected chi connectivity index (χ2v) is 10.4. The molecule has 2 N–H and O–H groups in total. The Labute approximate surface area is 217 Å². The Bertz CT molecular complexity index is 943. The molecule has 0 saturated carbocycles. The van der Waals surface area contributed by atoms with Gasteiger partial charge >= 0.3 is 6.09 Å². The first-order chi connectivity index (χ1) is 16.8. The Morgan fingerprint density at radius 1 is 1.17 bits per heavy atom. The third-order valence-electron chi connectivity index (χ3n) is 5.39. The summed E-state index contributed by atoms with van der Waals surface area (Å²) >= 11 is 0. The maximum atomic E-state index is 14.0. The highest BCUT2D eigenvalue weighted by Crippen LogP contribution is 2.27. The number of rotatable bonds is 12. The van der Waals surface area contributed by atoms with Crippen molar-refractivity contribution in [2.24, 2.45) is 5.92 Å². The lowest BCUT2D eigenvalue weighted by Gasteiger charge is -2.35. The van der Waals surface area contributed by atoms with Crippen molar-refractivity contribution in [3.8, 4) is 12.3 Å². The van der Waals surface area contributed by atoms with Crippen LogP contribution in [0.15, 0.2) is 36.9 Å². The molecule has 0 radical (unpaired) electrons. The second-order valence-electron chi connectivity index (χ2n) is 10.4. The Morgan fingerprint density at radius 3 is 2.33 bits per heavy atom. The van der Waals surface area contributed by atoms with Gasteiger partial charge in [-0.05, 0) is 58.1 Å². The van der Waals surface area contributed by atoms with Gasteiger partial charge in [-0.15, -0.1) is 13.0 Å². The van der Waals surface area contributed by atoms with Gasteiger partial charge in [-0.2, -0.15) is 0 Å². The number of alkyl carbamates (subject to hydrolysis) is 1. The van der Waals surface area contributed by atoms with Gasteiger partial charge in [0.1, 0.15) is 17.7 Å². The number of nitrogens with zero attached hydrogens (tertiary/aromatic N) is 1. The molecule has 36 heavy (non-hydrogen) atoms. The van der Waals surface area contributed by atoms with E-state index in [4.69, 9.17) is 11.2 Å². The zero-order chi connectivity index (χ0) is 27.5. The molecular formula is C29H43N3O4. The molecule has 7 heteroatoms. The molecule has 7 nitrogen and oxygen atoms in total. The van der Waals surface area contributed by atoms with Gasteiger partial charge in [0.25, 0.3) is 0 Å². The molecule has 0 saturated heterocycles. The third-order valence-corrected chi connectivity index (χ3v) is 5.39. The highest BCUT2D eigenvalue weighted by Gasteiger charge is 2.37. The van der Waals surface area contributed by atoms with Crippen LogP contribution in [-0.4, -0.2) is 47.0 Å². The predicted octanol–water partition coefficient (Wildman–Crippen LogP) is 4.97. The standard InChI is InChI=1S/C29H43N3O4/c1-10-15-21(6)30-26(33)25(23-17-14-13-16-22(23)12-3)32(18-11-2)27(34)24(19-20(4)5)31-28(35)36-29(7,8)9/h3,11,13-14,16-17,20-21,24-25H,2,10,15,18-19H2,1,4-9H3,(H,30,33)(H,31,35). The van der Waals surface area contributed by atoms with Crippen LogP contribution in [0.5, 0.6) is 0 Å². The number of carbonyl (C=O) groups excluding carboxylic acids is 3. The van der Waals surface area contributed by atoms with Crippen molar-refractivity contribution >= 4 is 17.9 Å². The molecule has 3 amide bonds. The van der Waals surface area contributed by atoms with Gasteiger partial charge in [0.2, 0.25) is 11.8 Å². The first kappa shape index (κ1) is 30.8. The molecule has 0 aliphatic heterocycles. The van der Waals surface area contributed by atoms with Crippen LogP contribution in [0.1, 0.15) is 84.9 Å². The van der Waals surface area contributed by atoms with Crippen molar-refractivity contribution < 1.29 is 19.1 Å². The van der Waals surface area contributed by atoms with Crippen LogP contribution in [-0.2, 0) is 14.3 Å². The number of ether oxygens (including phenoxy) is 1. The average Bonchev–Trinajstić information content (AvgIpc) is 2.76. The average molecular weight is 498 g/mol. The Kier molecular flexibility index (Phi) is 12.2. The fourth-order valence-electron chi connectivity index (χ4n) is 3.95. The third kappa shape index (κ3) is 9.77.